The molecule has 0 aliphatic rings. The Labute approximate surface area is 125 Å². The van der Waals surface area contributed by atoms with Crippen molar-refractivity contribution in [1.29, 1.82) is 0 Å². The van der Waals surface area contributed by atoms with Crippen molar-refractivity contribution in [3.8, 4) is 0 Å². The number of benzene rings is 1. The summed E-state index contributed by atoms with van der Waals surface area (Å²) in [6.45, 7) is 4.66. The molecule has 0 saturated heterocycles. The number of amides is 1. The van der Waals surface area contributed by atoms with E-state index in [-0.39, 0.29) is 5.91 Å². The van der Waals surface area contributed by atoms with Gasteiger partial charge in [-0.2, -0.15) is 0 Å². The second-order valence-electron chi connectivity index (χ2n) is 4.27. The van der Waals surface area contributed by atoms with Crippen LogP contribution in [0.4, 0.5) is 5.69 Å². The van der Waals surface area contributed by atoms with E-state index >= 15 is 0 Å². The van der Waals surface area contributed by atoms with Gasteiger partial charge in [0.1, 0.15) is 5.69 Å². The lowest BCUT2D eigenvalue weighted by atomic mass is 10.2. The molecule has 0 atom stereocenters. The number of nitrogens with zero attached hydrogens (tertiary/aromatic N) is 1. The van der Waals surface area contributed by atoms with Crippen LogP contribution in [0.5, 0.6) is 0 Å². The summed E-state index contributed by atoms with van der Waals surface area (Å²) in [6.07, 6.45) is 1.75. The Morgan fingerprint density at radius 2 is 2.16 bits per heavy atom. The Morgan fingerprint density at radius 1 is 1.42 bits per heavy atom. The molecular formula is C14H14BrClN2O. The molecule has 5 heteroatoms. The van der Waals surface area contributed by atoms with Crippen LogP contribution in [0.25, 0.3) is 0 Å². The number of nitrogens with one attached hydrogen (secondary N) is 1. The number of hydrogen-bond donors (Lipinski definition) is 1. The maximum Gasteiger partial charge on any atom is 0.272 e. The Bertz CT molecular complexity index is 622. The van der Waals surface area contributed by atoms with Crippen molar-refractivity contribution in [2.24, 2.45) is 0 Å². The molecule has 0 aliphatic heterocycles. The van der Waals surface area contributed by atoms with Gasteiger partial charge in [0.05, 0.1) is 10.7 Å². The topological polar surface area (TPSA) is 34.0 Å². The van der Waals surface area contributed by atoms with Crippen molar-refractivity contribution < 1.29 is 4.79 Å². The van der Waals surface area contributed by atoms with Crippen LogP contribution in [0.15, 0.2) is 34.9 Å². The molecule has 1 amide bonds. The van der Waals surface area contributed by atoms with Gasteiger partial charge < -0.3 is 9.88 Å². The molecular weight excluding hydrogens is 328 g/mol. The highest BCUT2D eigenvalue weighted by Crippen LogP contribution is 2.24. The molecule has 19 heavy (non-hydrogen) atoms. The molecule has 1 heterocycles. The fraction of sp³-hybridized carbons (Fsp3) is 0.214. The zero-order chi connectivity index (χ0) is 14.0. The lowest BCUT2D eigenvalue weighted by Crippen LogP contribution is -2.16. The van der Waals surface area contributed by atoms with E-state index in [1.165, 1.54) is 0 Å². The van der Waals surface area contributed by atoms with Gasteiger partial charge in [-0.1, -0.05) is 17.7 Å². The van der Waals surface area contributed by atoms with Crippen molar-refractivity contribution >= 4 is 39.1 Å². The van der Waals surface area contributed by atoms with Crippen molar-refractivity contribution in [2.75, 3.05) is 5.32 Å². The second-order valence-corrected chi connectivity index (χ2v) is 5.56. The Kier molecular flexibility index (Phi) is 4.32. The molecule has 1 aromatic heterocycles. The molecule has 0 radical (unpaired) electrons. The molecule has 1 aromatic carbocycles. The van der Waals surface area contributed by atoms with Gasteiger partial charge in [-0.15, -0.1) is 0 Å². The van der Waals surface area contributed by atoms with Crippen molar-refractivity contribution in [3.05, 3.63) is 51.2 Å². The lowest BCUT2D eigenvalue weighted by Gasteiger charge is -2.09. The number of carbonyl (C=O) groups is 1. The standard InChI is InChI=1S/C14H14BrClN2O/c1-3-18-8-10(16)7-13(18)14(19)17-12-5-4-9(2)6-11(12)15/h4-8H,3H2,1-2H3,(H,17,19). The Morgan fingerprint density at radius 3 is 2.79 bits per heavy atom. The Balaban J connectivity index is 2.25. The van der Waals surface area contributed by atoms with E-state index in [1.807, 2.05) is 36.6 Å². The highest BCUT2D eigenvalue weighted by atomic mass is 79.9. The van der Waals surface area contributed by atoms with Crippen LogP contribution in [0.1, 0.15) is 23.0 Å². The van der Waals surface area contributed by atoms with Gasteiger partial charge in [0, 0.05) is 17.2 Å². The minimum absolute atomic E-state index is 0.168. The van der Waals surface area contributed by atoms with Gasteiger partial charge >= 0.3 is 0 Å². The maximum absolute atomic E-state index is 12.2. The van der Waals surface area contributed by atoms with E-state index < -0.39 is 0 Å². The quantitative estimate of drug-likeness (QED) is 0.877. The number of aromatic nitrogens is 1. The SMILES string of the molecule is CCn1cc(Cl)cc1C(=O)Nc1ccc(C)cc1Br. The fourth-order valence-electron chi connectivity index (χ4n) is 1.83. The molecule has 2 rings (SSSR count). The summed E-state index contributed by atoms with van der Waals surface area (Å²) in [6, 6.07) is 7.45. The summed E-state index contributed by atoms with van der Waals surface area (Å²) >= 11 is 9.37. The predicted octanol–water partition coefficient (Wildman–Crippen LogP) is 4.48. The monoisotopic (exact) mass is 340 g/mol. The van der Waals surface area contributed by atoms with E-state index in [2.05, 4.69) is 21.2 Å². The number of rotatable bonds is 3. The normalized spacial score (nSPS) is 10.5. The molecule has 1 N–H and O–H groups in total. The van der Waals surface area contributed by atoms with Gasteiger partial charge in [0.15, 0.2) is 0 Å². The highest BCUT2D eigenvalue weighted by Gasteiger charge is 2.13. The smallest absolute Gasteiger partial charge is 0.272 e. The third-order valence-electron chi connectivity index (χ3n) is 2.81. The molecule has 2 aromatic rings. The fourth-order valence-corrected chi connectivity index (χ4v) is 2.65. The van der Waals surface area contributed by atoms with Crippen molar-refractivity contribution in [2.45, 2.75) is 20.4 Å². The van der Waals surface area contributed by atoms with Crippen LogP contribution < -0.4 is 5.32 Å². The molecule has 100 valence electrons. The van der Waals surface area contributed by atoms with Gasteiger partial charge in [-0.3, -0.25) is 4.79 Å². The second kappa shape index (κ2) is 5.80. The van der Waals surface area contributed by atoms with Crippen molar-refractivity contribution in [3.63, 3.8) is 0 Å². The van der Waals surface area contributed by atoms with Gasteiger partial charge in [0.2, 0.25) is 0 Å². The molecule has 0 bridgehead atoms. The van der Waals surface area contributed by atoms with E-state index in [1.54, 1.807) is 12.3 Å². The first-order valence-electron chi connectivity index (χ1n) is 5.94. The third kappa shape index (κ3) is 3.19. The zero-order valence-electron chi connectivity index (χ0n) is 10.7. The maximum atomic E-state index is 12.2. The van der Waals surface area contributed by atoms with E-state index in [0.717, 1.165) is 15.7 Å². The van der Waals surface area contributed by atoms with E-state index in [9.17, 15) is 4.79 Å². The lowest BCUT2D eigenvalue weighted by molar-refractivity contribution is 0.101. The van der Waals surface area contributed by atoms with Gasteiger partial charge in [-0.25, -0.2) is 0 Å². The minimum atomic E-state index is -0.168. The first-order valence-corrected chi connectivity index (χ1v) is 7.11. The summed E-state index contributed by atoms with van der Waals surface area (Å²) < 4.78 is 2.68. The molecule has 0 spiro atoms. The summed E-state index contributed by atoms with van der Waals surface area (Å²) in [5, 5.41) is 3.44. The van der Waals surface area contributed by atoms with Crippen LogP contribution in [-0.4, -0.2) is 10.5 Å². The molecule has 3 nitrogen and oxygen atoms in total. The number of anilines is 1. The first-order chi connectivity index (χ1) is 9.01. The van der Waals surface area contributed by atoms with Gasteiger partial charge in [0.25, 0.3) is 5.91 Å². The average molecular weight is 342 g/mol. The summed E-state index contributed by atoms with van der Waals surface area (Å²) in [5.41, 5.74) is 2.43. The van der Waals surface area contributed by atoms with E-state index in [0.29, 0.717) is 17.3 Å². The van der Waals surface area contributed by atoms with Crippen LogP contribution in [-0.2, 0) is 6.54 Å². The van der Waals surface area contributed by atoms with Crippen molar-refractivity contribution in [1.82, 2.24) is 4.57 Å². The molecule has 0 unspecified atom stereocenters. The molecule has 0 aliphatic carbocycles. The molecule has 0 fully saturated rings. The zero-order valence-corrected chi connectivity index (χ0v) is 13.0. The minimum Gasteiger partial charge on any atom is -0.342 e. The molecule has 0 saturated carbocycles. The number of halogens is 2. The van der Waals surface area contributed by atoms with Crippen LogP contribution in [0.2, 0.25) is 5.02 Å². The Hall–Kier alpha value is -1.26. The number of carbonyl (C=O) groups excluding carboxylic acids is 1. The van der Waals surface area contributed by atoms with Gasteiger partial charge in [-0.05, 0) is 53.5 Å². The van der Waals surface area contributed by atoms with Crippen LogP contribution >= 0.6 is 27.5 Å². The predicted molar refractivity (Wildman–Crippen MR) is 81.9 cm³/mol. The average Bonchev–Trinajstić information content (AvgIpc) is 2.74. The summed E-state index contributed by atoms with van der Waals surface area (Å²) in [4.78, 5) is 12.2. The highest BCUT2D eigenvalue weighted by molar-refractivity contribution is 9.10. The van der Waals surface area contributed by atoms with E-state index in [4.69, 9.17) is 11.6 Å². The summed E-state index contributed by atoms with van der Waals surface area (Å²) in [7, 11) is 0. The largest absolute Gasteiger partial charge is 0.342 e. The summed E-state index contributed by atoms with van der Waals surface area (Å²) in [5.74, 6) is -0.168. The number of aryl methyl sites for hydroxylation is 2. The third-order valence-corrected chi connectivity index (χ3v) is 3.67. The first kappa shape index (κ1) is 14.2. The van der Waals surface area contributed by atoms with Crippen LogP contribution in [0.3, 0.4) is 0 Å². The van der Waals surface area contributed by atoms with Crippen LogP contribution in [0, 0.1) is 6.92 Å². The number of hydrogen-bond acceptors (Lipinski definition) is 1.